The highest BCUT2D eigenvalue weighted by Gasteiger charge is 2.37. The Morgan fingerprint density at radius 2 is 1.78 bits per heavy atom. The number of halogens is 1. The van der Waals surface area contributed by atoms with Crippen LogP contribution in [0, 0.1) is 5.92 Å². The van der Waals surface area contributed by atoms with E-state index < -0.39 is 6.04 Å². The summed E-state index contributed by atoms with van der Waals surface area (Å²) in [6.45, 7) is 6.62. The molecular weight excluding hydrogens is 600 g/mol. The predicted molar refractivity (Wildman–Crippen MR) is 182 cm³/mol. The monoisotopic (exact) mass is 644 g/mol. The Balaban J connectivity index is 1.21. The van der Waals surface area contributed by atoms with Crippen LogP contribution in [0.3, 0.4) is 0 Å². The quantitative estimate of drug-likeness (QED) is 0.252. The number of methoxy groups -OCH3 is 1. The van der Waals surface area contributed by atoms with Crippen molar-refractivity contribution in [1.82, 2.24) is 9.88 Å². The lowest BCUT2D eigenvalue weighted by Gasteiger charge is -2.39. The van der Waals surface area contributed by atoms with Gasteiger partial charge in [0.25, 0.3) is 0 Å². The average molecular weight is 645 g/mol. The van der Waals surface area contributed by atoms with Gasteiger partial charge in [-0.2, -0.15) is 0 Å². The van der Waals surface area contributed by atoms with Crippen LogP contribution in [0.4, 0.5) is 11.5 Å². The summed E-state index contributed by atoms with van der Waals surface area (Å²) in [7, 11) is 3.74. The first-order valence-electron chi connectivity index (χ1n) is 16.6. The van der Waals surface area contributed by atoms with Gasteiger partial charge >= 0.3 is 0 Å². The number of anilines is 2. The number of pyridine rings is 1. The summed E-state index contributed by atoms with van der Waals surface area (Å²) in [5.41, 5.74) is 3.85. The van der Waals surface area contributed by atoms with Gasteiger partial charge in [-0.25, -0.2) is 4.98 Å². The summed E-state index contributed by atoms with van der Waals surface area (Å²) in [5, 5.41) is 0.636. The van der Waals surface area contributed by atoms with Crippen LogP contribution < -0.4 is 19.3 Å². The minimum atomic E-state index is -0.407. The molecule has 1 saturated carbocycles. The lowest BCUT2D eigenvalue weighted by Crippen LogP contribution is -2.45. The zero-order chi connectivity index (χ0) is 32.4. The molecule has 2 aliphatic heterocycles. The van der Waals surface area contributed by atoms with Gasteiger partial charge in [0.2, 0.25) is 5.91 Å². The molecular formula is C37H45ClN4O4. The van der Waals surface area contributed by atoms with Crippen molar-refractivity contribution in [2.45, 2.75) is 77.0 Å². The summed E-state index contributed by atoms with van der Waals surface area (Å²) in [5.74, 6) is 2.83. The van der Waals surface area contributed by atoms with Gasteiger partial charge in [-0.3, -0.25) is 19.4 Å². The molecule has 2 fully saturated rings. The van der Waals surface area contributed by atoms with Crippen LogP contribution in [0.2, 0.25) is 5.02 Å². The van der Waals surface area contributed by atoms with E-state index >= 15 is 0 Å². The molecule has 1 amide bonds. The highest BCUT2D eigenvalue weighted by Crippen LogP contribution is 2.43. The van der Waals surface area contributed by atoms with Gasteiger partial charge in [-0.15, -0.1) is 0 Å². The lowest BCUT2D eigenvalue weighted by atomic mass is 9.84. The van der Waals surface area contributed by atoms with E-state index in [0.29, 0.717) is 46.6 Å². The molecule has 9 heteroatoms. The first kappa shape index (κ1) is 32.3. The maximum Gasteiger partial charge on any atom is 0.233 e. The molecule has 1 saturated heterocycles. The Bertz CT molecular complexity index is 1540. The molecule has 3 heterocycles. The molecule has 0 spiro atoms. The topological polar surface area (TPSA) is 75.2 Å². The van der Waals surface area contributed by atoms with Crippen molar-refractivity contribution in [2.75, 3.05) is 43.6 Å². The zero-order valence-corrected chi connectivity index (χ0v) is 28.1. The summed E-state index contributed by atoms with van der Waals surface area (Å²) < 4.78 is 11.8. The van der Waals surface area contributed by atoms with Crippen LogP contribution in [0.1, 0.15) is 75.1 Å². The third-order valence-electron chi connectivity index (χ3n) is 9.70. The van der Waals surface area contributed by atoms with Crippen molar-refractivity contribution in [3.8, 4) is 11.5 Å². The number of piperidine rings is 1. The fourth-order valence-electron chi connectivity index (χ4n) is 7.40. The Morgan fingerprint density at radius 3 is 2.43 bits per heavy atom. The Kier molecular flexibility index (Phi) is 9.85. The molecule has 0 N–H and O–H groups in total. The maximum absolute atomic E-state index is 13.9. The van der Waals surface area contributed by atoms with Crippen molar-refractivity contribution in [3.05, 3.63) is 76.4 Å². The minimum absolute atomic E-state index is 0.0344. The van der Waals surface area contributed by atoms with Crippen molar-refractivity contribution >= 4 is 34.8 Å². The molecule has 0 bridgehead atoms. The van der Waals surface area contributed by atoms with E-state index in [1.54, 1.807) is 12.0 Å². The van der Waals surface area contributed by atoms with Gasteiger partial charge < -0.3 is 14.4 Å². The molecule has 0 unspecified atom stereocenters. The number of carbonyl (C=O) groups is 2. The second kappa shape index (κ2) is 14.0. The Hall–Kier alpha value is -3.62. The molecule has 3 aliphatic rings. The number of fused-ring (bicyclic) bond motifs is 1. The van der Waals surface area contributed by atoms with E-state index in [4.69, 9.17) is 26.1 Å². The number of hydrogen-bond acceptors (Lipinski definition) is 7. The third-order valence-corrected chi connectivity index (χ3v) is 9.95. The van der Waals surface area contributed by atoms with Crippen molar-refractivity contribution in [2.24, 2.45) is 5.92 Å². The van der Waals surface area contributed by atoms with E-state index in [0.717, 1.165) is 61.2 Å². The number of ether oxygens (including phenoxy) is 2. The molecule has 6 rings (SSSR count). The SMILES string of the molecule is COc1cc2c(cc1OC(C)C)[C@H](c1ccc(Cl)cc1)N(c1ccc(N(C)CC3CCC(N4CCCC(=O)C4)CC3)cn1)C(=O)C2. The lowest BCUT2D eigenvalue weighted by molar-refractivity contribution is -0.123. The van der Waals surface area contributed by atoms with E-state index in [1.807, 2.05) is 62.5 Å². The fourth-order valence-corrected chi connectivity index (χ4v) is 7.53. The second-order valence-corrected chi connectivity index (χ2v) is 13.7. The average Bonchev–Trinajstić information content (AvgIpc) is 3.05. The predicted octanol–water partition coefficient (Wildman–Crippen LogP) is 6.87. The number of Topliss-reactive ketones (excluding diaryl/α,β-unsaturated/α-hetero) is 1. The van der Waals surface area contributed by atoms with E-state index in [2.05, 4.69) is 22.9 Å². The smallest absolute Gasteiger partial charge is 0.233 e. The molecule has 8 nitrogen and oxygen atoms in total. The molecule has 46 heavy (non-hydrogen) atoms. The van der Waals surface area contributed by atoms with Crippen molar-refractivity contribution in [3.63, 3.8) is 0 Å². The first-order valence-corrected chi connectivity index (χ1v) is 17.0. The minimum Gasteiger partial charge on any atom is -0.493 e. The maximum atomic E-state index is 13.9. The van der Waals surface area contributed by atoms with Crippen LogP contribution in [-0.4, -0.2) is 67.5 Å². The van der Waals surface area contributed by atoms with Gasteiger partial charge in [0, 0.05) is 31.1 Å². The molecule has 3 aromatic rings. The summed E-state index contributed by atoms with van der Waals surface area (Å²) in [4.78, 5) is 37.2. The number of benzene rings is 2. The molecule has 1 aromatic heterocycles. The summed E-state index contributed by atoms with van der Waals surface area (Å²) >= 11 is 6.27. The van der Waals surface area contributed by atoms with Gasteiger partial charge in [-0.1, -0.05) is 23.7 Å². The zero-order valence-electron chi connectivity index (χ0n) is 27.4. The highest BCUT2D eigenvalue weighted by molar-refractivity contribution is 6.30. The largest absolute Gasteiger partial charge is 0.493 e. The van der Waals surface area contributed by atoms with Gasteiger partial charge in [0.05, 0.1) is 44.1 Å². The number of hydrogen-bond donors (Lipinski definition) is 0. The molecule has 1 aliphatic carbocycles. The first-order chi connectivity index (χ1) is 22.2. The van der Waals surface area contributed by atoms with Crippen LogP contribution in [-0.2, 0) is 16.0 Å². The van der Waals surface area contributed by atoms with Crippen molar-refractivity contribution < 1.29 is 19.1 Å². The van der Waals surface area contributed by atoms with Crippen LogP contribution in [0.5, 0.6) is 11.5 Å². The number of likely N-dealkylation sites (tertiary alicyclic amines) is 1. The number of aromatic nitrogens is 1. The van der Waals surface area contributed by atoms with Crippen LogP contribution in [0.25, 0.3) is 0 Å². The number of carbonyl (C=O) groups excluding carboxylic acids is 2. The van der Waals surface area contributed by atoms with Crippen LogP contribution in [0.15, 0.2) is 54.7 Å². The van der Waals surface area contributed by atoms with E-state index in [1.165, 1.54) is 12.8 Å². The van der Waals surface area contributed by atoms with Gasteiger partial charge in [-0.05, 0) is 112 Å². The molecule has 2 aromatic carbocycles. The van der Waals surface area contributed by atoms with Gasteiger partial charge in [0.15, 0.2) is 11.5 Å². The van der Waals surface area contributed by atoms with Crippen LogP contribution >= 0.6 is 11.6 Å². The van der Waals surface area contributed by atoms with Gasteiger partial charge in [0.1, 0.15) is 11.6 Å². The second-order valence-electron chi connectivity index (χ2n) is 13.3. The number of rotatable bonds is 9. The fraction of sp³-hybridized carbons (Fsp3) is 0.486. The molecule has 0 radical (unpaired) electrons. The number of ketones is 1. The molecule has 1 atom stereocenters. The molecule has 244 valence electrons. The van der Waals surface area contributed by atoms with Crippen molar-refractivity contribution in [1.29, 1.82) is 0 Å². The van der Waals surface area contributed by atoms with E-state index in [9.17, 15) is 9.59 Å². The third kappa shape index (κ3) is 7.03. The number of amides is 1. The van der Waals surface area contributed by atoms with E-state index in [-0.39, 0.29) is 18.4 Å². The Labute approximate surface area is 277 Å². The highest BCUT2D eigenvalue weighted by atomic mass is 35.5. The Morgan fingerprint density at radius 1 is 1.02 bits per heavy atom. The normalized spacial score (nSPS) is 22.1. The standard InChI is InChI=1S/C37H45ClN4O4/c1-24(2)46-34-20-32-27(18-33(34)45-4)19-36(44)42(37(32)26-9-11-28(38)12-10-26)35-16-15-30(21-39-35)40(3)22-25-7-13-29(14-8-25)41-17-5-6-31(43)23-41/h9-12,15-16,18,20-21,24-25,29,37H,5-8,13-14,17,19,22-23H2,1-4H3/t25?,29?,37-/m0/s1. The summed E-state index contributed by atoms with van der Waals surface area (Å²) in [6, 6.07) is 15.7. The summed E-state index contributed by atoms with van der Waals surface area (Å²) in [6.07, 6.45) is 8.47. The number of nitrogens with zero attached hydrogens (tertiary/aromatic N) is 4.